The van der Waals surface area contributed by atoms with E-state index in [0.717, 1.165) is 23.9 Å². The Hall–Kier alpha value is -0.0800. The van der Waals surface area contributed by atoms with Crippen LogP contribution in [0.4, 0.5) is 0 Å². The molecule has 0 aromatic heterocycles. The first kappa shape index (κ1) is 11.4. The molecule has 0 bridgehead atoms. The zero-order valence-electron chi connectivity index (χ0n) is 10.3. The molecule has 2 atom stereocenters. The predicted molar refractivity (Wildman–Crippen MR) is 62.9 cm³/mol. The number of hydrogen-bond donors (Lipinski definition) is 1. The Kier molecular flexibility index (Phi) is 3.68. The predicted octanol–water partition coefficient (Wildman–Crippen LogP) is 2.58. The van der Waals surface area contributed by atoms with Crippen LogP contribution in [0.25, 0.3) is 0 Å². The van der Waals surface area contributed by atoms with E-state index in [9.17, 15) is 0 Å². The maximum Gasteiger partial charge on any atom is 0.0601 e. The summed E-state index contributed by atoms with van der Waals surface area (Å²) in [5, 5.41) is 3.84. The van der Waals surface area contributed by atoms with E-state index in [4.69, 9.17) is 4.74 Å². The van der Waals surface area contributed by atoms with Gasteiger partial charge in [0.05, 0.1) is 6.10 Å². The van der Waals surface area contributed by atoms with E-state index in [0.29, 0.717) is 6.10 Å². The quantitative estimate of drug-likeness (QED) is 0.774. The van der Waals surface area contributed by atoms with Crippen molar-refractivity contribution in [1.29, 1.82) is 0 Å². The summed E-state index contributed by atoms with van der Waals surface area (Å²) in [6, 6.07) is 1.48. The van der Waals surface area contributed by atoms with Gasteiger partial charge in [-0.15, -0.1) is 0 Å². The minimum absolute atomic E-state index is 0.525. The largest absolute Gasteiger partial charge is 0.381 e. The first-order valence-corrected chi connectivity index (χ1v) is 6.49. The molecule has 2 rings (SSSR count). The van der Waals surface area contributed by atoms with Gasteiger partial charge >= 0.3 is 0 Å². The third-order valence-electron chi connectivity index (χ3n) is 4.40. The molecular formula is C13H25NO. The zero-order valence-corrected chi connectivity index (χ0v) is 10.3. The van der Waals surface area contributed by atoms with E-state index in [1.807, 2.05) is 7.11 Å². The fourth-order valence-electron chi connectivity index (χ4n) is 3.18. The van der Waals surface area contributed by atoms with Gasteiger partial charge in [-0.1, -0.05) is 20.3 Å². The molecule has 2 aliphatic carbocycles. The fraction of sp³-hybridized carbons (Fsp3) is 1.00. The molecular weight excluding hydrogens is 186 g/mol. The van der Waals surface area contributed by atoms with Crippen molar-refractivity contribution in [3.8, 4) is 0 Å². The molecule has 0 saturated heterocycles. The SMILES string of the molecule is COC1CC(NC2C(C)CCCC2C)C1. The summed E-state index contributed by atoms with van der Waals surface area (Å²) in [6.45, 7) is 4.81. The second-order valence-electron chi connectivity index (χ2n) is 5.60. The standard InChI is InChI=1S/C13H25NO/c1-9-5-4-6-10(2)13(9)14-11-7-12(8-11)15-3/h9-14H,4-8H2,1-3H3. The zero-order chi connectivity index (χ0) is 10.8. The van der Waals surface area contributed by atoms with Crippen molar-refractivity contribution in [2.24, 2.45) is 11.8 Å². The summed E-state index contributed by atoms with van der Waals surface area (Å²) >= 11 is 0. The molecule has 2 aliphatic rings. The summed E-state index contributed by atoms with van der Waals surface area (Å²) in [7, 11) is 1.83. The van der Waals surface area contributed by atoms with Crippen molar-refractivity contribution in [2.45, 2.75) is 64.1 Å². The molecule has 0 heterocycles. The number of hydrogen-bond acceptors (Lipinski definition) is 2. The van der Waals surface area contributed by atoms with E-state index in [-0.39, 0.29) is 0 Å². The van der Waals surface area contributed by atoms with Crippen LogP contribution in [0.2, 0.25) is 0 Å². The first-order valence-electron chi connectivity index (χ1n) is 6.49. The van der Waals surface area contributed by atoms with Crippen LogP contribution in [0.1, 0.15) is 46.0 Å². The Morgan fingerprint density at radius 3 is 2.20 bits per heavy atom. The lowest BCUT2D eigenvalue weighted by atomic mass is 9.77. The molecule has 1 N–H and O–H groups in total. The van der Waals surface area contributed by atoms with Gasteiger partial charge in [-0.05, 0) is 37.5 Å². The second-order valence-corrected chi connectivity index (χ2v) is 5.60. The highest BCUT2D eigenvalue weighted by Gasteiger charge is 2.34. The lowest BCUT2D eigenvalue weighted by molar-refractivity contribution is 0.00690. The molecule has 88 valence electrons. The number of methoxy groups -OCH3 is 1. The van der Waals surface area contributed by atoms with Gasteiger partial charge in [-0.25, -0.2) is 0 Å². The van der Waals surface area contributed by atoms with Crippen LogP contribution in [0, 0.1) is 11.8 Å². The van der Waals surface area contributed by atoms with Gasteiger partial charge in [0.15, 0.2) is 0 Å². The van der Waals surface area contributed by atoms with Crippen molar-refractivity contribution in [3.05, 3.63) is 0 Å². The van der Waals surface area contributed by atoms with Crippen molar-refractivity contribution < 1.29 is 4.74 Å². The molecule has 2 heteroatoms. The maximum absolute atomic E-state index is 5.32. The summed E-state index contributed by atoms with van der Waals surface area (Å²) in [5.74, 6) is 1.71. The summed E-state index contributed by atoms with van der Waals surface area (Å²) in [5.41, 5.74) is 0. The molecule has 0 radical (unpaired) electrons. The highest BCUT2D eigenvalue weighted by molar-refractivity contribution is 4.92. The molecule has 0 amide bonds. The molecule has 0 aliphatic heterocycles. The lowest BCUT2D eigenvalue weighted by Crippen LogP contribution is -2.53. The molecule has 2 nitrogen and oxygen atoms in total. The Labute approximate surface area is 93.8 Å². The van der Waals surface area contributed by atoms with Gasteiger partial charge in [0, 0.05) is 19.2 Å². The van der Waals surface area contributed by atoms with Crippen molar-refractivity contribution in [3.63, 3.8) is 0 Å². The van der Waals surface area contributed by atoms with Gasteiger partial charge < -0.3 is 10.1 Å². The molecule has 0 aromatic rings. The first-order chi connectivity index (χ1) is 7.20. The number of rotatable bonds is 3. The smallest absolute Gasteiger partial charge is 0.0601 e. The minimum Gasteiger partial charge on any atom is -0.381 e. The Morgan fingerprint density at radius 2 is 1.67 bits per heavy atom. The highest BCUT2D eigenvalue weighted by atomic mass is 16.5. The van der Waals surface area contributed by atoms with Crippen LogP contribution in [0.5, 0.6) is 0 Å². The number of nitrogens with one attached hydrogen (secondary N) is 1. The summed E-state index contributed by atoms with van der Waals surface area (Å²) in [6.07, 6.45) is 7.19. The molecule has 2 unspecified atom stereocenters. The Morgan fingerprint density at radius 1 is 1.07 bits per heavy atom. The third-order valence-corrected chi connectivity index (χ3v) is 4.40. The third kappa shape index (κ3) is 2.54. The average Bonchev–Trinajstić information content (AvgIpc) is 2.14. The summed E-state index contributed by atoms with van der Waals surface area (Å²) < 4.78 is 5.32. The van der Waals surface area contributed by atoms with Crippen molar-refractivity contribution in [1.82, 2.24) is 5.32 Å². The van der Waals surface area contributed by atoms with Gasteiger partial charge in [-0.2, -0.15) is 0 Å². The van der Waals surface area contributed by atoms with Crippen LogP contribution in [-0.4, -0.2) is 25.3 Å². The second kappa shape index (κ2) is 4.84. The lowest BCUT2D eigenvalue weighted by Gasteiger charge is -2.43. The van der Waals surface area contributed by atoms with Crippen molar-refractivity contribution in [2.75, 3.05) is 7.11 Å². The highest BCUT2D eigenvalue weighted by Crippen LogP contribution is 2.31. The van der Waals surface area contributed by atoms with E-state index < -0.39 is 0 Å². The van der Waals surface area contributed by atoms with Crippen LogP contribution in [0.15, 0.2) is 0 Å². The summed E-state index contributed by atoms with van der Waals surface area (Å²) in [4.78, 5) is 0. The van der Waals surface area contributed by atoms with E-state index in [1.54, 1.807) is 0 Å². The van der Waals surface area contributed by atoms with Gasteiger partial charge in [0.25, 0.3) is 0 Å². The monoisotopic (exact) mass is 211 g/mol. The van der Waals surface area contributed by atoms with Crippen LogP contribution < -0.4 is 5.32 Å². The Balaban J connectivity index is 1.78. The minimum atomic E-state index is 0.525. The average molecular weight is 211 g/mol. The topological polar surface area (TPSA) is 21.3 Å². The van der Waals surface area contributed by atoms with E-state index in [2.05, 4.69) is 19.2 Å². The molecule has 15 heavy (non-hydrogen) atoms. The number of ether oxygens (including phenoxy) is 1. The fourth-order valence-corrected chi connectivity index (χ4v) is 3.18. The van der Waals surface area contributed by atoms with Gasteiger partial charge in [0.1, 0.15) is 0 Å². The Bertz CT molecular complexity index is 191. The van der Waals surface area contributed by atoms with Gasteiger partial charge in [0.2, 0.25) is 0 Å². The maximum atomic E-state index is 5.32. The van der Waals surface area contributed by atoms with Crippen LogP contribution >= 0.6 is 0 Å². The van der Waals surface area contributed by atoms with Crippen LogP contribution in [-0.2, 0) is 4.74 Å². The van der Waals surface area contributed by atoms with Gasteiger partial charge in [-0.3, -0.25) is 0 Å². The molecule has 0 spiro atoms. The van der Waals surface area contributed by atoms with Crippen LogP contribution in [0.3, 0.4) is 0 Å². The normalized spacial score (nSPS) is 46.2. The molecule has 0 aromatic carbocycles. The molecule has 2 fully saturated rings. The van der Waals surface area contributed by atoms with E-state index >= 15 is 0 Å². The van der Waals surface area contributed by atoms with Crippen molar-refractivity contribution >= 4 is 0 Å². The molecule has 2 saturated carbocycles. The van der Waals surface area contributed by atoms with E-state index in [1.165, 1.54) is 32.1 Å².